The van der Waals surface area contributed by atoms with Crippen LogP contribution in [0.2, 0.25) is 0 Å². The Bertz CT molecular complexity index is 2300. The van der Waals surface area contributed by atoms with Crippen molar-refractivity contribution in [1.29, 1.82) is 0 Å². The van der Waals surface area contributed by atoms with E-state index in [1.54, 1.807) is 0 Å². The molecule has 1 heterocycles. The van der Waals surface area contributed by atoms with Gasteiger partial charge in [-0.3, -0.25) is 0 Å². The molecule has 0 radical (unpaired) electrons. The van der Waals surface area contributed by atoms with E-state index in [0.29, 0.717) is 0 Å². The quantitative estimate of drug-likeness (QED) is 0.219. The van der Waals surface area contributed by atoms with Crippen LogP contribution >= 0.6 is 0 Å². The van der Waals surface area contributed by atoms with E-state index in [1.165, 1.54) is 82.8 Å². The zero-order valence-electron chi connectivity index (χ0n) is 22.4. The van der Waals surface area contributed by atoms with Crippen molar-refractivity contribution in [2.45, 2.75) is 0 Å². The lowest BCUT2D eigenvalue weighted by molar-refractivity contribution is 1.18. The maximum atomic E-state index is 2.39. The number of hydrogen-bond acceptors (Lipinski definition) is 0. The second kappa shape index (κ2) is 8.55. The molecular formula is C40H25N. The second-order valence-corrected chi connectivity index (χ2v) is 10.9. The van der Waals surface area contributed by atoms with Crippen molar-refractivity contribution in [1.82, 2.24) is 4.57 Å². The molecule has 0 bridgehead atoms. The van der Waals surface area contributed by atoms with Crippen LogP contribution in [-0.2, 0) is 0 Å². The first-order chi connectivity index (χ1) is 20.3. The molecule has 1 nitrogen and oxygen atoms in total. The van der Waals surface area contributed by atoms with Gasteiger partial charge in [-0.2, -0.15) is 0 Å². The van der Waals surface area contributed by atoms with Gasteiger partial charge < -0.3 is 4.57 Å². The Morgan fingerprint density at radius 3 is 1.88 bits per heavy atom. The fourth-order valence-electron chi connectivity index (χ4n) is 6.95. The molecule has 1 aliphatic rings. The number of aromatic nitrogens is 1. The molecule has 0 saturated heterocycles. The third-order valence-electron chi connectivity index (χ3n) is 8.72. The summed E-state index contributed by atoms with van der Waals surface area (Å²) >= 11 is 0. The largest absolute Gasteiger partial charge is 0.309 e. The van der Waals surface area contributed by atoms with Gasteiger partial charge in [0.2, 0.25) is 0 Å². The predicted molar refractivity (Wildman–Crippen MR) is 174 cm³/mol. The minimum absolute atomic E-state index is 1.18. The fourth-order valence-corrected chi connectivity index (χ4v) is 6.95. The molecule has 0 saturated carbocycles. The first-order valence-electron chi connectivity index (χ1n) is 14.2. The first-order valence-corrected chi connectivity index (χ1v) is 14.2. The standard InChI is InChI=1S/C40H25N/c1-2-14-30(15-3-1)41-37-20-5-4-16-35(37)40-31(17-9-21-38(40)41)29-13-6-12-27(24-29)28-22-23-32-33-18-7-10-26-11-8-19-34(39(26)33)36(32)25-28/h1-25H. The number of rotatable bonds is 3. The van der Waals surface area contributed by atoms with Crippen molar-refractivity contribution >= 4 is 32.6 Å². The minimum Gasteiger partial charge on any atom is -0.309 e. The number of nitrogens with zero attached hydrogens (tertiary/aromatic N) is 1. The van der Waals surface area contributed by atoms with Gasteiger partial charge in [0, 0.05) is 16.5 Å². The van der Waals surface area contributed by atoms with Gasteiger partial charge in [0.25, 0.3) is 0 Å². The SMILES string of the molecule is c1ccc(-n2c3ccccc3c3c(-c4cccc(-c5ccc6c(c5)-c5cccc7cccc-6c57)c4)cccc32)cc1. The highest BCUT2D eigenvalue weighted by atomic mass is 15.0. The van der Waals surface area contributed by atoms with Crippen LogP contribution in [0, 0.1) is 0 Å². The van der Waals surface area contributed by atoms with E-state index in [2.05, 4.69) is 156 Å². The Labute approximate surface area is 238 Å². The van der Waals surface area contributed by atoms with Crippen LogP contribution < -0.4 is 0 Å². The summed E-state index contributed by atoms with van der Waals surface area (Å²) in [6.45, 7) is 0. The summed E-state index contributed by atoms with van der Waals surface area (Å²) in [7, 11) is 0. The van der Waals surface area contributed by atoms with Gasteiger partial charge >= 0.3 is 0 Å². The van der Waals surface area contributed by atoms with Crippen molar-refractivity contribution in [3.05, 3.63) is 152 Å². The lowest BCUT2D eigenvalue weighted by atomic mass is 9.94. The molecule has 1 aromatic heterocycles. The van der Waals surface area contributed by atoms with Crippen LogP contribution in [-0.4, -0.2) is 4.57 Å². The maximum Gasteiger partial charge on any atom is 0.0547 e. The Morgan fingerprint density at radius 1 is 0.341 bits per heavy atom. The Kier molecular flexibility index (Phi) is 4.67. The molecular weight excluding hydrogens is 494 g/mol. The Balaban J connectivity index is 1.23. The lowest BCUT2D eigenvalue weighted by Gasteiger charge is -2.11. The number of benzene rings is 7. The molecule has 9 rings (SSSR count). The summed E-state index contributed by atoms with van der Waals surface area (Å²) in [4.78, 5) is 0. The number of fused-ring (bicyclic) bond motifs is 6. The van der Waals surface area contributed by atoms with Crippen LogP contribution in [0.5, 0.6) is 0 Å². The molecule has 0 spiro atoms. The summed E-state index contributed by atoms with van der Waals surface area (Å²) in [6.07, 6.45) is 0. The molecule has 8 aromatic rings. The third-order valence-corrected chi connectivity index (χ3v) is 8.72. The zero-order valence-corrected chi connectivity index (χ0v) is 22.4. The average Bonchev–Trinajstić information content (AvgIpc) is 3.56. The molecule has 0 aliphatic heterocycles. The van der Waals surface area contributed by atoms with E-state index in [-0.39, 0.29) is 0 Å². The van der Waals surface area contributed by atoms with Gasteiger partial charge in [0.15, 0.2) is 0 Å². The van der Waals surface area contributed by atoms with E-state index in [1.807, 2.05) is 0 Å². The third kappa shape index (κ3) is 3.24. The summed E-state index contributed by atoms with van der Waals surface area (Å²) in [6, 6.07) is 55.4. The number of para-hydroxylation sites is 2. The van der Waals surface area contributed by atoms with Crippen LogP contribution in [0.3, 0.4) is 0 Å². The van der Waals surface area contributed by atoms with Gasteiger partial charge in [0.05, 0.1) is 11.0 Å². The molecule has 0 amide bonds. The highest BCUT2D eigenvalue weighted by Gasteiger charge is 2.21. The molecule has 1 heteroatoms. The van der Waals surface area contributed by atoms with E-state index in [9.17, 15) is 0 Å². The number of hydrogen-bond donors (Lipinski definition) is 0. The van der Waals surface area contributed by atoms with E-state index in [0.717, 1.165) is 0 Å². The summed E-state index contributed by atoms with van der Waals surface area (Å²) in [5.74, 6) is 0. The zero-order chi connectivity index (χ0) is 26.9. The van der Waals surface area contributed by atoms with Gasteiger partial charge in [-0.1, -0.05) is 115 Å². The molecule has 41 heavy (non-hydrogen) atoms. The fraction of sp³-hybridized carbons (Fsp3) is 0. The molecule has 0 fully saturated rings. The van der Waals surface area contributed by atoms with E-state index < -0.39 is 0 Å². The molecule has 1 aliphatic carbocycles. The van der Waals surface area contributed by atoms with Crippen LogP contribution in [0.15, 0.2) is 152 Å². The molecule has 0 N–H and O–H groups in total. The molecule has 0 unspecified atom stereocenters. The first kappa shape index (κ1) is 22.4. The van der Waals surface area contributed by atoms with Crippen LogP contribution in [0.25, 0.3) is 82.8 Å². The summed E-state index contributed by atoms with van der Waals surface area (Å²) in [5.41, 5.74) is 13.9. The van der Waals surface area contributed by atoms with E-state index >= 15 is 0 Å². The maximum absolute atomic E-state index is 2.39. The summed E-state index contributed by atoms with van der Waals surface area (Å²) < 4.78 is 2.39. The van der Waals surface area contributed by atoms with E-state index in [4.69, 9.17) is 0 Å². The van der Waals surface area contributed by atoms with Crippen molar-refractivity contribution in [2.24, 2.45) is 0 Å². The minimum atomic E-state index is 1.18. The van der Waals surface area contributed by atoms with Crippen molar-refractivity contribution in [2.75, 3.05) is 0 Å². The van der Waals surface area contributed by atoms with Crippen LogP contribution in [0.4, 0.5) is 0 Å². The molecule has 7 aromatic carbocycles. The predicted octanol–water partition coefficient (Wildman–Crippen LogP) is 10.9. The van der Waals surface area contributed by atoms with Crippen LogP contribution in [0.1, 0.15) is 0 Å². The van der Waals surface area contributed by atoms with Gasteiger partial charge in [0.1, 0.15) is 0 Å². The average molecular weight is 520 g/mol. The van der Waals surface area contributed by atoms with Gasteiger partial charge in [-0.05, 0) is 91.7 Å². The smallest absolute Gasteiger partial charge is 0.0547 e. The van der Waals surface area contributed by atoms with Crippen molar-refractivity contribution < 1.29 is 0 Å². The lowest BCUT2D eigenvalue weighted by Crippen LogP contribution is -1.92. The Hall–Kier alpha value is -5.40. The topological polar surface area (TPSA) is 4.93 Å². The molecule has 0 atom stereocenters. The van der Waals surface area contributed by atoms with Crippen molar-refractivity contribution in [3.8, 4) is 50.2 Å². The highest BCUT2D eigenvalue weighted by Crippen LogP contribution is 2.48. The van der Waals surface area contributed by atoms with Gasteiger partial charge in [-0.15, -0.1) is 0 Å². The van der Waals surface area contributed by atoms with Gasteiger partial charge in [-0.25, -0.2) is 0 Å². The highest BCUT2D eigenvalue weighted by molar-refractivity contribution is 6.17. The second-order valence-electron chi connectivity index (χ2n) is 10.9. The monoisotopic (exact) mass is 519 g/mol. The summed E-state index contributed by atoms with van der Waals surface area (Å²) in [5, 5.41) is 5.25. The normalized spacial score (nSPS) is 11.9. The van der Waals surface area contributed by atoms with Crippen molar-refractivity contribution in [3.63, 3.8) is 0 Å². The Morgan fingerprint density at radius 2 is 1.00 bits per heavy atom. The molecule has 190 valence electrons.